The van der Waals surface area contributed by atoms with Crippen LogP contribution in [0.3, 0.4) is 0 Å². The van der Waals surface area contributed by atoms with E-state index in [9.17, 15) is 9.90 Å². The molecule has 0 unspecified atom stereocenters. The number of phenolic OH excluding ortho intramolecular Hbond substituents is 1. The highest BCUT2D eigenvalue weighted by Gasteiger charge is 2.19. The highest BCUT2D eigenvalue weighted by Crippen LogP contribution is 2.34. The number of nitrogens with one attached hydrogen (secondary N) is 2. The number of amidine groups is 1. The maximum atomic E-state index is 13.0. The molecule has 0 bridgehead atoms. The van der Waals surface area contributed by atoms with Gasteiger partial charge >= 0.3 is 0 Å². The van der Waals surface area contributed by atoms with Crippen molar-refractivity contribution >= 4 is 40.6 Å². The van der Waals surface area contributed by atoms with Crippen molar-refractivity contribution in [3.8, 4) is 5.75 Å². The molecule has 0 saturated carbocycles. The van der Waals surface area contributed by atoms with Gasteiger partial charge in [-0.15, -0.1) is 6.58 Å². The standard InChI is InChI=1S/C22H26Cl2N4O2/c1-5-10-28(13-15-6-8-16(9-7-15)14(2)3)22(30)21(25-4)27-26-17-11-18(23)20(29)19(24)12-17/h5-9,11-12,14,26,29H,1,10,13H2,2-4H3,(H,25,27). The number of carbonyl (C=O) groups is 1. The first kappa shape index (κ1) is 23.6. The van der Waals surface area contributed by atoms with Gasteiger partial charge in [0.2, 0.25) is 5.84 Å². The predicted molar refractivity (Wildman–Crippen MR) is 124 cm³/mol. The molecule has 0 fully saturated rings. The van der Waals surface area contributed by atoms with Crippen molar-refractivity contribution in [2.75, 3.05) is 19.0 Å². The Kier molecular flexibility index (Phi) is 8.57. The average molecular weight is 449 g/mol. The van der Waals surface area contributed by atoms with Crippen LogP contribution in [-0.4, -0.2) is 35.3 Å². The number of nitrogens with zero attached hydrogens (tertiary/aromatic N) is 2. The summed E-state index contributed by atoms with van der Waals surface area (Å²) in [5.74, 6) is 0.0516. The maximum Gasteiger partial charge on any atom is 0.291 e. The van der Waals surface area contributed by atoms with E-state index < -0.39 is 0 Å². The van der Waals surface area contributed by atoms with Gasteiger partial charge in [0, 0.05) is 20.1 Å². The summed E-state index contributed by atoms with van der Waals surface area (Å²) < 4.78 is 0. The number of aromatic hydroxyl groups is 1. The van der Waals surface area contributed by atoms with Gasteiger partial charge in [0.25, 0.3) is 5.91 Å². The number of halogens is 2. The maximum absolute atomic E-state index is 13.0. The second-order valence-electron chi connectivity index (χ2n) is 6.98. The molecule has 30 heavy (non-hydrogen) atoms. The first-order chi connectivity index (χ1) is 14.3. The van der Waals surface area contributed by atoms with Gasteiger partial charge in [0.15, 0.2) is 5.75 Å². The summed E-state index contributed by atoms with van der Waals surface area (Å²) in [5.41, 5.74) is 8.34. The molecule has 2 aromatic carbocycles. The first-order valence-electron chi connectivity index (χ1n) is 9.42. The lowest BCUT2D eigenvalue weighted by Crippen LogP contribution is -2.44. The Morgan fingerprint density at radius 1 is 1.23 bits per heavy atom. The van der Waals surface area contributed by atoms with Gasteiger partial charge in [0.1, 0.15) is 0 Å². The van der Waals surface area contributed by atoms with Gasteiger partial charge in [-0.05, 0) is 29.2 Å². The van der Waals surface area contributed by atoms with Gasteiger partial charge in [-0.25, -0.2) is 0 Å². The molecule has 0 aliphatic heterocycles. The van der Waals surface area contributed by atoms with Crippen molar-refractivity contribution in [1.29, 1.82) is 0 Å². The Morgan fingerprint density at radius 2 is 1.83 bits per heavy atom. The number of benzene rings is 2. The zero-order valence-corrected chi connectivity index (χ0v) is 18.8. The highest BCUT2D eigenvalue weighted by molar-refractivity contribution is 6.38. The van der Waals surface area contributed by atoms with E-state index in [4.69, 9.17) is 23.2 Å². The van der Waals surface area contributed by atoms with Crippen LogP contribution in [0.25, 0.3) is 0 Å². The second-order valence-corrected chi connectivity index (χ2v) is 7.80. The summed E-state index contributed by atoms with van der Waals surface area (Å²) in [7, 11) is 1.52. The van der Waals surface area contributed by atoms with Crippen molar-refractivity contribution in [3.63, 3.8) is 0 Å². The lowest BCUT2D eigenvalue weighted by Gasteiger charge is -2.23. The minimum Gasteiger partial charge on any atom is -0.505 e. The van der Waals surface area contributed by atoms with Crippen molar-refractivity contribution in [2.24, 2.45) is 4.99 Å². The summed E-state index contributed by atoms with van der Waals surface area (Å²) in [4.78, 5) is 18.7. The van der Waals surface area contributed by atoms with E-state index in [0.717, 1.165) is 5.56 Å². The van der Waals surface area contributed by atoms with Gasteiger partial charge in [-0.3, -0.25) is 20.6 Å². The lowest BCUT2D eigenvalue weighted by atomic mass is 10.0. The zero-order valence-electron chi connectivity index (χ0n) is 17.2. The van der Waals surface area contributed by atoms with E-state index in [0.29, 0.717) is 24.7 Å². The molecule has 0 radical (unpaired) electrons. The van der Waals surface area contributed by atoms with Crippen molar-refractivity contribution in [3.05, 3.63) is 70.2 Å². The number of hydrazine groups is 1. The van der Waals surface area contributed by atoms with E-state index in [1.54, 1.807) is 11.0 Å². The first-order valence-corrected chi connectivity index (χ1v) is 10.2. The quantitative estimate of drug-likeness (QED) is 0.183. The molecule has 0 spiro atoms. The number of rotatable bonds is 7. The summed E-state index contributed by atoms with van der Waals surface area (Å²) in [6, 6.07) is 11.1. The van der Waals surface area contributed by atoms with Crippen LogP contribution in [0.15, 0.2) is 54.0 Å². The van der Waals surface area contributed by atoms with Crippen LogP contribution < -0.4 is 10.9 Å². The monoisotopic (exact) mass is 448 g/mol. The second kappa shape index (κ2) is 10.9. The molecule has 1 amide bonds. The number of carbonyl (C=O) groups excluding carboxylic acids is 1. The average Bonchev–Trinajstić information content (AvgIpc) is 2.72. The summed E-state index contributed by atoms with van der Waals surface area (Å²) in [6.45, 7) is 8.80. The van der Waals surface area contributed by atoms with Crippen LogP contribution in [-0.2, 0) is 11.3 Å². The number of anilines is 1. The molecule has 160 valence electrons. The van der Waals surface area contributed by atoms with Crippen LogP contribution in [0, 0.1) is 0 Å². The van der Waals surface area contributed by atoms with Crippen LogP contribution in [0.5, 0.6) is 5.75 Å². The smallest absolute Gasteiger partial charge is 0.291 e. The Hall–Kier alpha value is -2.70. The zero-order chi connectivity index (χ0) is 22.3. The molecule has 0 saturated heterocycles. The van der Waals surface area contributed by atoms with Crippen molar-refractivity contribution in [1.82, 2.24) is 10.3 Å². The third kappa shape index (κ3) is 6.15. The lowest BCUT2D eigenvalue weighted by molar-refractivity contribution is -0.124. The number of aliphatic imine (C=N–C) groups is 1. The van der Waals surface area contributed by atoms with Crippen LogP contribution in [0.1, 0.15) is 30.9 Å². The number of amides is 1. The summed E-state index contributed by atoms with van der Waals surface area (Å²) in [5, 5.41) is 9.83. The van der Waals surface area contributed by atoms with Gasteiger partial charge < -0.3 is 10.0 Å². The minimum atomic E-state index is -0.297. The fourth-order valence-electron chi connectivity index (χ4n) is 2.73. The van der Waals surface area contributed by atoms with Crippen LogP contribution in [0.4, 0.5) is 5.69 Å². The van der Waals surface area contributed by atoms with Gasteiger partial charge in [-0.1, -0.05) is 67.4 Å². The Labute approximate surface area is 187 Å². The number of phenols is 1. The minimum absolute atomic E-state index is 0.0891. The Balaban J connectivity index is 2.10. The molecule has 0 aliphatic carbocycles. The molecule has 0 aromatic heterocycles. The van der Waals surface area contributed by atoms with Gasteiger partial charge in [-0.2, -0.15) is 0 Å². The van der Waals surface area contributed by atoms with E-state index in [1.807, 2.05) is 12.1 Å². The number of hydrogen-bond acceptors (Lipinski definition) is 4. The summed E-state index contributed by atoms with van der Waals surface area (Å²) in [6.07, 6.45) is 1.67. The van der Waals surface area contributed by atoms with E-state index in [1.165, 1.54) is 24.7 Å². The van der Waals surface area contributed by atoms with Crippen LogP contribution >= 0.6 is 23.2 Å². The van der Waals surface area contributed by atoms with Gasteiger partial charge in [0.05, 0.1) is 15.7 Å². The van der Waals surface area contributed by atoms with Crippen molar-refractivity contribution < 1.29 is 9.90 Å². The van der Waals surface area contributed by atoms with Crippen molar-refractivity contribution in [2.45, 2.75) is 26.3 Å². The SMILES string of the molecule is C=CCN(Cc1ccc(C(C)C)cc1)C(=O)C(=NC)NNc1cc(Cl)c(O)c(Cl)c1. The van der Waals surface area contributed by atoms with E-state index >= 15 is 0 Å². The third-order valence-corrected chi connectivity index (χ3v) is 5.00. The molecule has 8 heteroatoms. The third-order valence-electron chi connectivity index (χ3n) is 4.42. The topological polar surface area (TPSA) is 77.0 Å². The molecule has 2 rings (SSSR count). The Bertz CT molecular complexity index is 904. The normalized spacial score (nSPS) is 11.3. The molecule has 6 nitrogen and oxygen atoms in total. The summed E-state index contributed by atoms with van der Waals surface area (Å²) >= 11 is 11.8. The molecule has 0 aliphatic rings. The highest BCUT2D eigenvalue weighted by atomic mass is 35.5. The van der Waals surface area contributed by atoms with E-state index in [2.05, 4.69) is 48.4 Å². The molecule has 2 aromatic rings. The number of hydrogen-bond donors (Lipinski definition) is 3. The fraction of sp³-hybridized carbons (Fsp3) is 0.273. The van der Waals surface area contributed by atoms with E-state index in [-0.39, 0.29) is 27.5 Å². The molecular formula is C22H26Cl2N4O2. The largest absolute Gasteiger partial charge is 0.505 e. The Morgan fingerprint density at radius 3 is 2.33 bits per heavy atom. The van der Waals surface area contributed by atoms with Crippen LogP contribution in [0.2, 0.25) is 10.0 Å². The fourth-order valence-corrected chi connectivity index (χ4v) is 3.21. The molecule has 0 atom stereocenters. The predicted octanol–water partition coefficient (Wildman–Crippen LogP) is 4.98. The molecule has 0 heterocycles. The molecular weight excluding hydrogens is 423 g/mol. The molecule has 3 N–H and O–H groups in total.